The van der Waals surface area contributed by atoms with Gasteiger partial charge in [0.1, 0.15) is 5.75 Å². The van der Waals surface area contributed by atoms with Crippen molar-refractivity contribution < 1.29 is 9.53 Å². The van der Waals surface area contributed by atoms with E-state index in [1.54, 1.807) is 0 Å². The standard InChI is InChI=1S/C18H29N3O2.ClH/c1-15-5-6-17(14-16(15)2)23-13-3-4-18(22)20-9-12-21-10-7-19-8-11-21;/h5-6,14,19H,3-4,7-13H2,1-2H3,(H,20,22);1H. The first-order chi connectivity index (χ1) is 11.1. The Hall–Kier alpha value is -1.30. The molecule has 1 aliphatic rings. The summed E-state index contributed by atoms with van der Waals surface area (Å²) in [5, 5.41) is 6.31. The number of ether oxygens (including phenoxy) is 1. The molecule has 0 atom stereocenters. The molecule has 1 aromatic rings. The SMILES string of the molecule is Cc1ccc(OCCCC(=O)NCCN2CCNCC2)cc1C.Cl. The number of amides is 1. The number of carbonyl (C=O) groups excluding carboxylic acids is 1. The van der Waals surface area contributed by atoms with Gasteiger partial charge in [-0.3, -0.25) is 9.69 Å². The lowest BCUT2D eigenvalue weighted by Gasteiger charge is -2.27. The number of aryl methyl sites for hydroxylation is 2. The third-order valence-corrected chi connectivity index (χ3v) is 4.26. The fourth-order valence-electron chi connectivity index (χ4n) is 2.60. The van der Waals surface area contributed by atoms with Gasteiger partial charge in [0.2, 0.25) is 5.91 Å². The zero-order valence-electron chi connectivity index (χ0n) is 14.8. The molecule has 0 aliphatic carbocycles. The quantitative estimate of drug-likeness (QED) is 0.699. The van der Waals surface area contributed by atoms with Crippen molar-refractivity contribution in [1.82, 2.24) is 15.5 Å². The lowest BCUT2D eigenvalue weighted by Crippen LogP contribution is -2.46. The van der Waals surface area contributed by atoms with Crippen LogP contribution in [-0.4, -0.2) is 56.7 Å². The summed E-state index contributed by atoms with van der Waals surface area (Å²) in [4.78, 5) is 14.2. The molecular formula is C18H30ClN3O2. The predicted octanol–water partition coefficient (Wildman–Crippen LogP) is 1.91. The molecule has 1 amide bonds. The molecule has 1 saturated heterocycles. The lowest BCUT2D eigenvalue weighted by molar-refractivity contribution is -0.121. The molecule has 0 unspecified atom stereocenters. The Kier molecular flexibility index (Phi) is 9.76. The maximum atomic E-state index is 11.8. The van der Waals surface area contributed by atoms with Gasteiger partial charge in [0.05, 0.1) is 6.61 Å². The van der Waals surface area contributed by atoms with E-state index in [1.807, 2.05) is 12.1 Å². The Morgan fingerprint density at radius 2 is 2.00 bits per heavy atom. The fourth-order valence-corrected chi connectivity index (χ4v) is 2.60. The van der Waals surface area contributed by atoms with Crippen LogP contribution >= 0.6 is 12.4 Å². The van der Waals surface area contributed by atoms with Gasteiger partial charge in [-0.05, 0) is 43.5 Å². The van der Waals surface area contributed by atoms with Gasteiger partial charge in [-0.25, -0.2) is 0 Å². The number of rotatable bonds is 8. The van der Waals surface area contributed by atoms with Gasteiger partial charge in [-0.1, -0.05) is 6.07 Å². The zero-order valence-corrected chi connectivity index (χ0v) is 15.6. The van der Waals surface area contributed by atoms with Crippen LogP contribution in [-0.2, 0) is 4.79 Å². The van der Waals surface area contributed by atoms with Crippen LogP contribution in [0.3, 0.4) is 0 Å². The molecule has 2 N–H and O–H groups in total. The number of hydrogen-bond acceptors (Lipinski definition) is 4. The van der Waals surface area contributed by atoms with Crippen molar-refractivity contribution >= 4 is 18.3 Å². The Balaban J connectivity index is 0.00000288. The van der Waals surface area contributed by atoms with Gasteiger partial charge in [0.15, 0.2) is 0 Å². The number of nitrogens with zero attached hydrogens (tertiary/aromatic N) is 1. The topological polar surface area (TPSA) is 53.6 Å². The van der Waals surface area contributed by atoms with E-state index in [1.165, 1.54) is 11.1 Å². The number of nitrogens with one attached hydrogen (secondary N) is 2. The van der Waals surface area contributed by atoms with Gasteiger partial charge >= 0.3 is 0 Å². The Labute approximate surface area is 151 Å². The maximum Gasteiger partial charge on any atom is 0.220 e. The molecule has 6 heteroatoms. The van der Waals surface area contributed by atoms with E-state index in [0.29, 0.717) is 13.0 Å². The summed E-state index contributed by atoms with van der Waals surface area (Å²) in [5.41, 5.74) is 2.49. The molecule has 136 valence electrons. The highest BCUT2D eigenvalue weighted by molar-refractivity contribution is 5.85. The second-order valence-corrected chi connectivity index (χ2v) is 6.14. The van der Waals surface area contributed by atoms with E-state index >= 15 is 0 Å². The highest BCUT2D eigenvalue weighted by Crippen LogP contribution is 2.16. The lowest BCUT2D eigenvalue weighted by atomic mass is 10.1. The van der Waals surface area contributed by atoms with Crippen LogP contribution in [0.15, 0.2) is 18.2 Å². The van der Waals surface area contributed by atoms with Gasteiger partial charge < -0.3 is 15.4 Å². The van der Waals surface area contributed by atoms with Gasteiger partial charge in [0.25, 0.3) is 0 Å². The third-order valence-electron chi connectivity index (χ3n) is 4.26. The van der Waals surface area contributed by atoms with Gasteiger partial charge in [-0.2, -0.15) is 0 Å². The minimum atomic E-state index is 0. The molecular weight excluding hydrogens is 326 g/mol. The van der Waals surface area contributed by atoms with Crippen LogP contribution < -0.4 is 15.4 Å². The van der Waals surface area contributed by atoms with Crippen molar-refractivity contribution in [2.24, 2.45) is 0 Å². The number of carbonyl (C=O) groups is 1. The van der Waals surface area contributed by atoms with Crippen molar-refractivity contribution in [3.63, 3.8) is 0 Å². The second-order valence-electron chi connectivity index (χ2n) is 6.14. The first kappa shape index (κ1) is 20.7. The van der Waals surface area contributed by atoms with Crippen molar-refractivity contribution in [1.29, 1.82) is 0 Å². The summed E-state index contributed by atoms with van der Waals surface area (Å²) < 4.78 is 5.70. The molecule has 5 nitrogen and oxygen atoms in total. The second kappa shape index (κ2) is 11.3. The van der Waals surface area contributed by atoms with E-state index in [0.717, 1.165) is 51.4 Å². The zero-order chi connectivity index (χ0) is 16.5. The first-order valence-corrected chi connectivity index (χ1v) is 8.55. The van der Waals surface area contributed by atoms with Crippen molar-refractivity contribution in [3.8, 4) is 5.75 Å². The van der Waals surface area contributed by atoms with Crippen LogP contribution in [0.25, 0.3) is 0 Å². The molecule has 2 rings (SSSR count). The van der Waals surface area contributed by atoms with E-state index in [-0.39, 0.29) is 18.3 Å². The molecule has 0 spiro atoms. The summed E-state index contributed by atoms with van der Waals surface area (Å²) in [5.74, 6) is 0.996. The predicted molar refractivity (Wildman–Crippen MR) is 100 cm³/mol. The summed E-state index contributed by atoms with van der Waals surface area (Å²) in [7, 11) is 0. The Morgan fingerprint density at radius 3 is 2.71 bits per heavy atom. The fraction of sp³-hybridized carbons (Fsp3) is 0.611. The maximum absolute atomic E-state index is 11.8. The molecule has 24 heavy (non-hydrogen) atoms. The average Bonchev–Trinajstić information content (AvgIpc) is 2.56. The Morgan fingerprint density at radius 1 is 1.25 bits per heavy atom. The Bertz CT molecular complexity index is 505. The van der Waals surface area contributed by atoms with Crippen LogP contribution in [0.1, 0.15) is 24.0 Å². The smallest absolute Gasteiger partial charge is 0.220 e. The van der Waals surface area contributed by atoms with Crippen molar-refractivity contribution in [2.45, 2.75) is 26.7 Å². The van der Waals surface area contributed by atoms with Crippen molar-refractivity contribution in [3.05, 3.63) is 29.3 Å². The number of hydrogen-bond donors (Lipinski definition) is 2. The summed E-state index contributed by atoms with van der Waals surface area (Å²) in [6.45, 7) is 10.6. The molecule has 0 aromatic heterocycles. The van der Waals surface area contributed by atoms with E-state index < -0.39 is 0 Å². The van der Waals surface area contributed by atoms with Crippen molar-refractivity contribution in [2.75, 3.05) is 45.9 Å². The molecule has 0 radical (unpaired) electrons. The molecule has 0 saturated carbocycles. The summed E-state index contributed by atoms with van der Waals surface area (Å²) in [6.07, 6.45) is 1.26. The highest BCUT2D eigenvalue weighted by atomic mass is 35.5. The van der Waals surface area contributed by atoms with E-state index in [4.69, 9.17) is 4.74 Å². The van der Waals surface area contributed by atoms with Crippen LogP contribution in [0.2, 0.25) is 0 Å². The number of halogens is 1. The van der Waals surface area contributed by atoms with E-state index in [9.17, 15) is 4.79 Å². The van der Waals surface area contributed by atoms with E-state index in [2.05, 4.69) is 35.4 Å². The average molecular weight is 356 g/mol. The monoisotopic (exact) mass is 355 g/mol. The highest BCUT2D eigenvalue weighted by Gasteiger charge is 2.09. The van der Waals surface area contributed by atoms with Crippen LogP contribution in [0.4, 0.5) is 0 Å². The minimum absolute atomic E-state index is 0. The first-order valence-electron chi connectivity index (χ1n) is 8.55. The minimum Gasteiger partial charge on any atom is -0.494 e. The summed E-state index contributed by atoms with van der Waals surface area (Å²) in [6, 6.07) is 6.09. The van der Waals surface area contributed by atoms with Crippen LogP contribution in [0, 0.1) is 13.8 Å². The molecule has 1 aromatic carbocycles. The van der Waals surface area contributed by atoms with Crippen LogP contribution in [0.5, 0.6) is 5.75 Å². The van der Waals surface area contributed by atoms with Gasteiger partial charge in [0, 0.05) is 45.7 Å². The molecule has 1 fully saturated rings. The molecule has 1 heterocycles. The number of piperazine rings is 1. The number of benzene rings is 1. The van der Waals surface area contributed by atoms with Gasteiger partial charge in [-0.15, -0.1) is 12.4 Å². The largest absolute Gasteiger partial charge is 0.494 e. The molecule has 1 aliphatic heterocycles. The summed E-state index contributed by atoms with van der Waals surface area (Å²) >= 11 is 0. The molecule has 0 bridgehead atoms. The normalized spacial score (nSPS) is 14.8. The third kappa shape index (κ3) is 7.51.